The summed E-state index contributed by atoms with van der Waals surface area (Å²) in [4.78, 5) is 52.8. The molecule has 0 bridgehead atoms. The van der Waals surface area contributed by atoms with E-state index in [0.29, 0.717) is 20.7 Å². The van der Waals surface area contributed by atoms with Crippen LogP contribution in [0.4, 0.5) is 5.13 Å². The fourth-order valence-electron chi connectivity index (χ4n) is 2.35. The van der Waals surface area contributed by atoms with Crippen LogP contribution in [-0.4, -0.2) is 39.9 Å². The largest absolute Gasteiger partial charge is 0.302 e. The molecule has 3 rings (SSSR count). The molecule has 0 spiro atoms. The highest BCUT2D eigenvalue weighted by atomic mass is 79.9. The molecule has 9 heteroatoms. The van der Waals surface area contributed by atoms with Crippen LogP contribution in [0.5, 0.6) is 0 Å². The predicted molar refractivity (Wildman–Crippen MR) is 94.9 cm³/mol. The molecule has 2 aromatic rings. The van der Waals surface area contributed by atoms with Crippen LogP contribution >= 0.6 is 27.3 Å². The first-order valence-electron chi connectivity index (χ1n) is 7.29. The number of halogens is 1. The highest BCUT2D eigenvalue weighted by Gasteiger charge is 2.35. The number of aromatic nitrogens is 1. The van der Waals surface area contributed by atoms with E-state index in [1.165, 1.54) is 6.92 Å². The molecule has 7 nitrogen and oxygen atoms in total. The Hall–Kier alpha value is -2.39. The molecule has 25 heavy (non-hydrogen) atoms. The molecule has 0 saturated carbocycles. The number of fused-ring (bicyclic) bond motifs is 1. The van der Waals surface area contributed by atoms with E-state index in [2.05, 4.69) is 26.2 Å². The van der Waals surface area contributed by atoms with Crippen molar-refractivity contribution in [1.29, 1.82) is 0 Å². The van der Waals surface area contributed by atoms with Gasteiger partial charge in [-0.2, -0.15) is 0 Å². The van der Waals surface area contributed by atoms with Gasteiger partial charge in [-0.15, -0.1) is 11.3 Å². The van der Waals surface area contributed by atoms with Crippen LogP contribution in [0.1, 0.15) is 44.5 Å². The zero-order valence-electron chi connectivity index (χ0n) is 13.0. The highest BCUT2D eigenvalue weighted by Crippen LogP contribution is 2.26. The Bertz CT molecular complexity index is 909. The van der Waals surface area contributed by atoms with Crippen LogP contribution in [0.2, 0.25) is 0 Å². The maximum absolute atomic E-state index is 12.3. The first-order valence-corrected chi connectivity index (χ1v) is 8.96. The second-order valence-corrected chi connectivity index (χ2v) is 7.12. The number of amides is 3. The summed E-state index contributed by atoms with van der Waals surface area (Å²) in [6, 6.07) is 4.86. The number of carbonyl (C=O) groups is 4. The van der Waals surface area contributed by atoms with Gasteiger partial charge < -0.3 is 5.32 Å². The Labute approximate surface area is 155 Å². The van der Waals surface area contributed by atoms with E-state index < -0.39 is 11.8 Å². The minimum Gasteiger partial charge on any atom is -0.302 e. The fourth-order valence-corrected chi connectivity index (χ4v) is 3.48. The Balaban J connectivity index is 1.62. The van der Waals surface area contributed by atoms with E-state index in [1.807, 2.05) is 0 Å². The van der Waals surface area contributed by atoms with Gasteiger partial charge in [0.25, 0.3) is 11.8 Å². The lowest BCUT2D eigenvalue weighted by Gasteiger charge is -2.12. The average Bonchev–Trinajstić information content (AvgIpc) is 3.11. The van der Waals surface area contributed by atoms with E-state index in [1.54, 1.807) is 23.6 Å². The number of benzene rings is 1. The molecule has 3 amide bonds. The highest BCUT2D eigenvalue weighted by molar-refractivity contribution is 9.10. The number of nitrogens with zero attached hydrogens (tertiary/aromatic N) is 2. The SMILES string of the molecule is CC(=O)c1csc(NC(=O)CCN2C(=O)c3ccc(Br)cc3C2=O)n1. The number of rotatable bonds is 5. The van der Waals surface area contributed by atoms with Crippen LogP contribution in [0.25, 0.3) is 0 Å². The van der Waals surface area contributed by atoms with Crippen molar-refractivity contribution in [2.45, 2.75) is 13.3 Å². The van der Waals surface area contributed by atoms with Crippen LogP contribution in [0, 0.1) is 0 Å². The van der Waals surface area contributed by atoms with Gasteiger partial charge >= 0.3 is 0 Å². The van der Waals surface area contributed by atoms with E-state index >= 15 is 0 Å². The summed E-state index contributed by atoms with van der Waals surface area (Å²) >= 11 is 4.41. The van der Waals surface area contributed by atoms with Crippen LogP contribution in [0.15, 0.2) is 28.1 Å². The molecule has 2 heterocycles. The Morgan fingerprint density at radius 1 is 1.24 bits per heavy atom. The second-order valence-electron chi connectivity index (χ2n) is 5.34. The van der Waals surface area contributed by atoms with Crippen molar-refractivity contribution >= 4 is 55.9 Å². The molecular weight excluding hydrogens is 410 g/mol. The summed E-state index contributed by atoms with van der Waals surface area (Å²) in [6.45, 7) is 1.36. The third-order valence-electron chi connectivity index (χ3n) is 3.61. The summed E-state index contributed by atoms with van der Waals surface area (Å²) in [5.74, 6) is -1.40. The standard InChI is InChI=1S/C16H12BrN3O4S/c1-8(21)12-7-25-16(18-12)19-13(22)4-5-20-14(23)10-3-2-9(17)6-11(10)15(20)24/h2-3,6-7H,4-5H2,1H3,(H,18,19,22). The normalized spacial score (nSPS) is 13.1. The molecular formula is C16H12BrN3O4S. The minimum absolute atomic E-state index is 0.0270. The van der Waals surface area contributed by atoms with E-state index in [9.17, 15) is 19.2 Å². The van der Waals surface area contributed by atoms with Crippen molar-refractivity contribution < 1.29 is 19.2 Å². The quantitative estimate of drug-likeness (QED) is 0.591. The molecule has 0 radical (unpaired) electrons. The maximum Gasteiger partial charge on any atom is 0.261 e. The maximum atomic E-state index is 12.3. The molecule has 0 aliphatic carbocycles. The zero-order valence-corrected chi connectivity index (χ0v) is 15.4. The molecule has 0 atom stereocenters. The third kappa shape index (κ3) is 3.52. The van der Waals surface area contributed by atoms with Crippen LogP contribution in [0.3, 0.4) is 0 Å². The molecule has 128 valence electrons. The molecule has 1 aromatic carbocycles. The molecule has 1 N–H and O–H groups in total. The molecule has 1 aromatic heterocycles. The van der Waals surface area contributed by atoms with Gasteiger partial charge in [0.2, 0.25) is 5.91 Å². The molecule has 0 unspecified atom stereocenters. The van der Waals surface area contributed by atoms with Gasteiger partial charge in [-0.25, -0.2) is 4.98 Å². The van der Waals surface area contributed by atoms with Crippen molar-refractivity contribution in [2.24, 2.45) is 0 Å². The smallest absolute Gasteiger partial charge is 0.261 e. The molecule has 0 fully saturated rings. The number of Topliss-reactive ketones (excluding diaryl/α,β-unsaturated/α-hetero) is 1. The fraction of sp³-hybridized carbons (Fsp3) is 0.188. The lowest BCUT2D eigenvalue weighted by molar-refractivity contribution is -0.116. The third-order valence-corrected chi connectivity index (χ3v) is 4.86. The number of imide groups is 1. The number of nitrogens with one attached hydrogen (secondary N) is 1. The van der Waals surface area contributed by atoms with E-state index in [-0.39, 0.29) is 30.3 Å². The van der Waals surface area contributed by atoms with E-state index in [0.717, 1.165) is 16.2 Å². The molecule has 0 saturated heterocycles. The van der Waals surface area contributed by atoms with Crippen LogP contribution < -0.4 is 5.32 Å². The van der Waals surface area contributed by atoms with Gasteiger partial charge in [-0.3, -0.25) is 24.1 Å². The number of hydrogen-bond donors (Lipinski definition) is 1. The predicted octanol–water partition coefficient (Wildman–Crippen LogP) is 2.73. The first kappa shape index (κ1) is 17.4. The lowest BCUT2D eigenvalue weighted by atomic mass is 10.1. The van der Waals surface area contributed by atoms with Gasteiger partial charge in [-0.1, -0.05) is 15.9 Å². The topological polar surface area (TPSA) is 96.4 Å². The second kappa shape index (κ2) is 6.85. The average molecular weight is 422 g/mol. The summed E-state index contributed by atoms with van der Waals surface area (Å²) in [6.07, 6.45) is -0.0539. The van der Waals surface area contributed by atoms with Gasteiger partial charge in [0.1, 0.15) is 5.69 Å². The first-order chi connectivity index (χ1) is 11.9. The molecule has 1 aliphatic rings. The van der Waals surface area contributed by atoms with Crippen molar-refractivity contribution in [3.05, 3.63) is 44.9 Å². The lowest BCUT2D eigenvalue weighted by Crippen LogP contribution is -2.32. The summed E-state index contributed by atoms with van der Waals surface area (Å²) in [5.41, 5.74) is 0.941. The van der Waals surface area contributed by atoms with Crippen molar-refractivity contribution in [3.8, 4) is 0 Å². The number of ketones is 1. The molecule has 1 aliphatic heterocycles. The summed E-state index contributed by atoms with van der Waals surface area (Å²) < 4.78 is 0.706. The van der Waals surface area contributed by atoms with Crippen LogP contribution in [-0.2, 0) is 4.79 Å². The van der Waals surface area contributed by atoms with E-state index in [4.69, 9.17) is 0 Å². The van der Waals surface area contributed by atoms with Crippen molar-refractivity contribution in [1.82, 2.24) is 9.88 Å². The number of carbonyl (C=O) groups excluding carboxylic acids is 4. The Kier molecular flexibility index (Phi) is 4.78. The van der Waals surface area contributed by atoms with Gasteiger partial charge in [0, 0.05) is 29.7 Å². The summed E-state index contributed by atoms with van der Waals surface area (Å²) in [7, 11) is 0. The van der Waals surface area contributed by atoms with Gasteiger partial charge in [0.05, 0.1) is 11.1 Å². The number of anilines is 1. The zero-order chi connectivity index (χ0) is 18.1. The van der Waals surface area contributed by atoms with Crippen molar-refractivity contribution in [2.75, 3.05) is 11.9 Å². The number of thiazole rings is 1. The minimum atomic E-state index is -0.415. The Morgan fingerprint density at radius 2 is 1.96 bits per heavy atom. The Morgan fingerprint density at radius 3 is 2.64 bits per heavy atom. The summed E-state index contributed by atoms with van der Waals surface area (Å²) in [5, 5.41) is 4.42. The number of hydrogen-bond acceptors (Lipinski definition) is 6. The monoisotopic (exact) mass is 421 g/mol. The van der Waals surface area contributed by atoms with Crippen molar-refractivity contribution in [3.63, 3.8) is 0 Å². The van der Waals surface area contributed by atoms with Gasteiger partial charge in [-0.05, 0) is 18.2 Å². The van der Waals surface area contributed by atoms with Gasteiger partial charge in [0.15, 0.2) is 10.9 Å².